The van der Waals surface area contributed by atoms with Gasteiger partial charge in [-0.2, -0.15) is 13.2 Å². The molecule has 1 heterocycles. The highest BCUT2D eigenvalue weighted by molar-refractivity contribution is 6.13. The number of oxime groups is 1. The van der Waals surface area contributed by atoms with E-state index < -0.39 is 17.7 Å². The first-order valence-electron chi connectivity index (χ1n) is 10.1. The highest BCUT2D eigenvalue weighted by Crippen LogP contribution is 2.30. The van der Waals surface area contributed by atoms with Crippen LogP contribution in [0.15, 0.2) is 53.7 Å². The summed E-state index contributed by atoms with van der Waals surface area (Å²) in [7, 11) is 0. The van der Waals surface area contributed by atoms with E-state index in [0.717, 1.165) is 30.7 Å². The number of benzene rings is 2. The molecule has 31 heavy (non-hydrogen) atoms. The van der Waals surface area contributed by atoms with E-state index >= 15 is 0 Å². The van der Waals surface area contributed by atoms with Crippen molar-refractivity contribution in [3.63, 3.8) is 0 Å². The number of aryl methyl sites for hydroxylation is 1. The predicted molar refractivity (Wildman–Crippen MR) is 111 cm³/mol. The minimum atomic E-state index is -4.46. The third-order valence-corrected chi connectivity index (χ3v) is 5.37. The van der Waals surface area contributed by atoms with Crippen LogP contribution in [0.5, 0.6) is 0 Å². The molecule has 1 atom stereocenters. The van der Waals surface area contributed by atoms with Crippen molar-refractivity contribution in [2.75, 3.05) is 26.2 Å². The fraction of sp³-hybridized carbons (Fsp3) is 0.391. The van der Waals surface area contributed by atoms with Gasteiger partial charge in [0.25, 0.3) is 0 Å². The van der Waals surface area contributed by atoms with E-state index in [-0.39, 0.29) is 12.5 Å². The minimum absolute atomic E-state index is 0.209. The molecule has 3 rings (SSSR count). The third-order valence-electron chi connectivity index (χ3n) is 5.37. The van der Waals surface area contributed by atoms with Crippen LogP contribution in [0.25, 0.3) is 0 Å². The maximum atomic E-state index is 13.2. The molecule has 0 aromatic heterocycles. The molecule has 2 aromatic carbocycles. The van der Waals surface area contributed by atoms with Crippen LogP contribution in [0.2, 0.25) is 0 Å². The van der Waals surface area contributed by atoms with E-state index in [1.165, 1.54) is 6.07 Å². The second kappa shape index (κ2) is 9.96. The van der Waals surface area contributed by atoms with Crippen molar-refractivity contribution >= 4 is 11.7 Å². The number of hydrogen-bond acceptors (Lipinski definition) is 4. The maximum Gasteiger partial charge on any atom is 0.416 e. The Hall–Kier alpha value is -2.87. The van der Waals surface area contributed by atoms with Gasteiger partial charge in [-0.1, -0.05) is 41.6 Å². The number of likely N-dealkylation sites (tertiary alicyclic amines) is 1. The normalized spacial score (nSPS) is 18.1. The summed E-state index contributed by atoms with van der Waals surface area (Å²) in [6.07, 6.45) is -2.99. The number of carbonyl (C=O) groups is 1. The smallest absolute Gasteiger partial charge is 0.416 e. The standard InChI is InChI=1S/C23H25F3N2O3/c1-16-6-2-3-10-20(16)21(17-7-4-9-19(14-17)23(24,25)26)27-31-13-12-28-11-5-8-18(15-28)22(29)30/h2-4,6-7,9-10,14,18H,5,8,11-13,15H2,1H3,(H,29,30). The van der Waals surface area contributed by atoms with Gasteiger partial charge in [-0.05, 0) is 44.0 Å². The molecule has 0 bridgehead atoms. The minimum Gasteiger partial charge on any atom is -0.481 e. The van der Waals surface area contributed by atoms with Crippen molar-refractivity contribution < 1.29 is 27.9 Å². The van der Waals surface area contributed by atoms with Crippen LogP contribution in [0.4, 0.5) is 13.2 Å². The van der Waals surface area contributed by atoms with Crippen molar-refractivity contribution in [2.45, 2.75) is 25.9 Å². The molecule has 1 saturated heterocycles. The summed E-state index contributed by atoms with van der Waals surface area (Å²) in [6.45, 7) is 3.81. The van der Waals surface area contributed by atoms with Gasteiger partial charge >= 0.3 is 12.1 Å². The first-order chi connectivity index (χ1) is 14.8. The molecule has 0 saturated carbocycles. The van der Waals surface area contributed by atoms with E-state index in [0.29, 0.717) is 36.3 Å². The van der Waals surface area contributed by atoms with Crippen LogP contribution in [-0.2, 0) is 15.8 Å². The average molecular weight is 434 g/mol. The second-order valence-electron chi connectivity index (χ2n) is 7.64. The highest BCUT2D eigenvalue weighted by Gasteiger charge is 2.31. The highest BCUT2D eigenvalue weighted by atomic mass is 19.4. The lowest BCUT2D eigenvalue weighted by Crippen LogP contribution is -2.40. The zero-order valence-electron chi connectivity index (χ0n) is 17.2. The molecule has 1 N–H and O–H groups in total. The SMILES string of the molecule is Cc1ccccc1C(=NOCCN1CCCC(C(=O)O)C1)c1cccc(C(F)(F)F)c1. The number of carboxylic acids is 1. The van der Waals surface area contributed by atoms with Crippen molar-refractivity contribution in [3.8, 4) is 0 Å². The molecular weight excluding hydrogens is 409 g/mol. The summed E-state index contributed by atoms with van der Waals surface area (Å²) in [5.41, 5.74) is 1.44. The lowest BCUT2D eigenvalue weighted by atomic mass is 9.97. The molecule has 0 aliphatic carbocycles. The van der Waals surface area contributed by atoms with Gasteiger partial charge in [0, 0.05) is 24.2 Å². The molecular formula is C23H25F3N2O3. The van der Waals surface area contributed by atoms with Crippen LogP contribution in [0.1, 0.15) is 35.1 Å². The van der Waals surface area contributed by atoms with E-state index in [9.17, 15) is 23.1 Å². The molecule has 166 valence electrons. The number of nitrogens with zero attached hydrogens (tertiary/aromatic N) is 2. The average Bonchev–Trinajstić information content (AvgIpc) is 2.74. The molecule has 0 amide bonds. The molecule has 1 aliphatic rings. The zero-order chi connectivity index (χ0) is 22.4. The van der Waals surface area contributed by atoms with Crippen LogP contribution in [-0.4, -0.2) is 47.9 Å². The summed E-state index contributed by atoms with van der Waals surface area (Å²) < 4.78 is 39.6. The largest absolute Gasteiger partial charge is 0.481 e. The second-order valence-corrected chi connectivity index (χ2v) is 7.64. The molecule has 2 aromatic rings. The van der Waals surface area contributed by atoms with Crippen LogP contribution >= 0.6 is 0 Å². The Morgan fingerprint density at radius 2 is 2.00 bits per heavy atom. The molecule has 8 heteroatoms. The summed E-state index contributed by atoms with van der Waals surface area (Å²) >= 11 is 0. The zero-order valence-corrected chi connectivity index (χ0v) is 17.2. The number of piperidine rings is 1. The van der Waals surface area contributed by atoms with Gasteiger partial charge in [-0.15, -0.1) is 0 Å². The fourth-order valence-corrected chi connectivity index (χ4v) is 3.68. The predicted octanol–water partition coefficient (Wildman–Crippen LogP) is 4.58. The molecule has 5 nitrogen and oxygen atoms in total. The van der Waals surface area contributed by atoms with Crippen molar-refractivity contribution in [1.82, 2.24) is 4.90 Å². The number of hydrogen-bond donors (Lipinski definition) is 1. The van der Waals surface area contributed by atoms with Crippen LogP contribution in [0.3, 0.4) is 0 Å². The van der Waals surface area contributed by atoms with Crippen LogP contribution in [0, 0.1) is 12.8 Å². The van der Waals surface area contributed by atoms with Gasteiger partial charge in [-0.3, -0.25) is 9.69 Å². The molecule has 0 spiro atoms. The number of rotatable bonds is 7. The molecule has 1 unspecified atom stereocenters. The quantitative estimate of drug-likeness (QED) is 0.394. The van der Waals surface area contributed by atoms with Gasteiger partial charge in [0.1, 0.15) is 12.3 Å². The molecule has 1 aliphatic heterocycles. The Bertz CT molecular complexity index is 944. The first-order valence-corrected chi connectivity index (χ1v) is 10.1. The molecule has 1 fully saturated rings. The summed E-state index contributed by atoms with van der Waals surface area (Å²) in [5.74, 6) is -1.18. The van der Waals surface area contributed by atoms with E-state index in [1.54, 1.807) is 18.2 Å². The van der Waals surface area contributed by atoms with Crippen molar-refractivity contribution in [1.29, 1.82) is 0 Å². The maximum absolute atomic E-state index is 13.2. The third kappa shape index (κ3) is 6.07. The first kappa shape index (κ1) is 22.8. The number of aliphatic carboxylic acids is 1. The summed E-state index contributed by atoms with van der Waals surface area (Å²) in [4.78, 5) is 18.7. The Balaban J connectivity index is 1.77. The van der Waals surface area contributed by atoms with Gasteiger partial charge < -0.3 is 9.94 Å². The number of carboxylic acid groups (broad SMARTS) is 1. The lowest BCUT2D eigenvalue weighted by Gasteiger charge is -2.30. The van der Waals surface area contributed by atoms with E-state index in [2.05, 4.69) is 5.16 Å². The Morgan fingerprint density at radius 1 is 1.23 bits per heavy atom. The lowest BCUT2D eigenvalue weighted by molar-refractivity contribution is -0.143. The molecule has 0 radical (unpaired) electrons. The summed E-state index contributed by atoms with van der Waals surface area (Å²) in [5, 5.41) is 13.4. The number of halogens is 3. The van der Waals surface area contributed by atoms with Gasteiger partial charge in [-0.25, -0.2) is 0 Å². The Kier molecular flexibility index (Phi) is 7.33. The van der Waals surface area contributed by atoms with Crippen molar-refractivity contribution in [2.24, 2.45) is 11.1 Å². The van der Waals surface area contributed by atoms with Gasteiger partial charge in [0.15, 0.2) is 0 Å². The topological polar surface area (TPSA) is 62.1 Å². The van der Waals surface area contributed by atoms with Gasteiger partial charge in [0.2, 0.25) is 0 Å². The fourth-order valence-electron chi connectivity index (χ4n) is 3.68. The number of alkyl halides is 3. The summed E-state index contributed by atoms with van der Waals surface area (Å²) in [6, 6.07) is 12.3. The Morgan fingerprint density at radius 3 is 2.71 bits per heavy atom. The van der Waals surface area contributed by atoms with E-state index in [4.69, 9.17) is 4.84 Å². The van der Waals surface area contributed by atoms with E-state index in [1.807, 2.05) is 24.0 Å². The monoisotopic (exact) mass is 434 g/mol. The van der Waals surface area contributed by atoms with Crippen molar-refractivity contribution in [3.05, 3.63) is 70.8 Å². The van der Waals surface area contributed by atoms with Gasteiger partial charge in [0.05, 0.1) is 11.5 Å². The Labute approximate surface area is 179 Å². The van der Waals surface area contributed by atoms with Crippen LogP contribution < -0.4 is 0 Å².